The number of hydrogen-bond donors (Lipinski definition) is 1. The van der Waals surface area contributed by atoms with Gasteiger partial charge >= 0.3 is 0 Å². The summed E-state index contributed by atoms with van der Waals surface area (Å²) in [7, 11) is 2.09. The Kier molecular flexibility index (Phi) is 4.37. The van der Waals surface area contributed by atoms with Gasteiger partial charge in [0.05, 0.1) is 18.0 Å². The number of likely N-dealkylation sites (tertiary alicyclic amines) is 1. The molecule has 1 N–H and O–H groups in total. The van der Waals surface area contributed by atoms with E-state index in [1.807, 2.05) is 35.7 Å². The summed E-state index contributed by atoms with van der Waals surface area (Å²) in [6.45, 7) is 1.69. The maximum Gasteiger partial charge on any atom is 0.260 e. The average molecular weight is 391 g/mol. The number of rotatable bonds is 4. The zero-order chi connectivity index (χ0) is 19.1. The molecule has 1 saturated heterocycles. The fourth-order valence-corrected chi connectivity index (χ4v) is 5.23. The minimum atomic E-state index is -0.0466. The number of fused-ring (bicyclic) bond motifs is 1. The fourth-order valence-electron chi connectivity index (χ4n) is 4.26. The van der Waals surface area contributed by atoms with Crippen LogP contribution in [0.15, 0.2) is 58.8 Å². The van der Waals surface area contributed by atoms with Crippen molar-refractivity contribution in [3.63, 3.8) is 0 Å². The molecule has 0 radical (unpaired) electrons. The predicted molar refractivity (Wildman–Crippen MR) is 113 cm³/mol. The summed E-state index contributed by atoms with van der Waals surface area (Å²) in [6.07, 6.45) is 4.40. The maximum absolute atomic E-state index is 12.9. The van der Waals surface area contributed by atoms with Gasteiger partial charge in [-0.05, 0) is 37.1 Å². The van der Waals surface area contributed by atoms with Gasteiger partial charge in [0.2, 0.25) is 0 Å². The largest absolute Gasteiger partial charge is 0.353 e. The Morgan fingerprint density at radius 2 is 2.07 bits per heavy atom. The van der Waals surface area contributed by atoms with Gasteiger partial charge in [0, 0.05) is 29.9 Å². The van der Waals surface area contributed by atoms with Crippen LogP contribution < -0.4 is 5.56 Å². The number of hydrogen-bond acceptors (Lipinski definition) is 4. The second-order valence-electron chi connectivity index (χ2n) is 7.38. The number of nitrogens with zero attached hydrogens (tertiary/aromatic N) is 3. The van der Waals surface area contributed by atoms with E-state index in [1.54, 1.807) is 11.3 Å². The van der Waals surface area contributed by atoms with Crippen molar-refractivity contribution in [2.24, 2.45) is 7.05 Å². The van der Waals surface area contributed by atoms with Crippen LogP contribution >= 0.6 is 11.3 Å². The Balaban J connectivity index is 1.48. The van der Waals surface area contributed by atoms with Gasteiger partial charge in [-0.1, -0.05) is 30.3 Å². The SMILES string of the molecule is Cn1cccc1[C@H]1CCCN1Cc1nc2scc(-c3ccccc3)c2c(=O)[nH]1. The summed E-state index contributed by atoms with van der Waals surface area (Å²) in [5.74, 6) is 0.750. The molecule has 4 aromatic rings. The van der Waals surface area contributed by atoms with E-state index < -0.39 is 0 Å². The molecule has 3 aromatic heterocycles. The monoisotopic (exact) mass is 390 g/mol. The Bertz CT molecular complexity index is 1170. The average Bonchev–Trinajstić information content (AvgIpc) is 3.42. The van der Waals surface area contributed by atoms with E-state index in [2.05, 4.69) is 39.8 Å². The van der Waals surface area contributed by atoms with Crippen LogP contribution in [0.2, 0.25) is 0 Å². The molecule has 0 spiro atoms. The Labute approximate surface area is 167 Å². The number of aromatic nitrogens is 3. The third-order valence-corrected chi connectivity index (χ3v) is 6.49. The normalized spacial score (nSPS) is 17.5. The maximum atomic E-state index is 12.9. The van der Waals surface area contributed by atoms with Crippen molar-refractivity contribution >= 4 is 21.6 Å². The first kappa shape index (κ1) is 17.4. The highest BCUT2D eigenvalue weighted by molar-refractivity contribution is 7.17. The van der Waals surface area contributed by atoms with E-state index in [0.29, 0.717) is 18.0 Å². The number of H-pyrrole nitrogens is 1. The zero-order valence-electron chi connectivity index (χ0n) is 15.8. The first-order chi connectivity index (χ1) is 13.7. The first-order valence-electron chi connectivity index (χ1n) is 9.62. The third kappa shape index (κ3) is 2.99. The predicted octanol–water partition coefficient (Wildman–Crippen LogP) is 4.33. The van der Waals surface area contributed by atoms with E-state index in [4.69, 9.17) is 4.98 Å². The summed E-state index contributed by atoms with van der Waals surface area (Å²) < 4.78 is 2.19. The summed E-state index contributed by atoms with van der Waals surface area (Å²) in [5.41, 5.74) is 3.29. The standard InChI is InChI=1S/C22H22N4OS/c1-25-11-5-9-17(25)18-10-6-12-26(18)13-19-23-21(27)20-16(14-28-22(20)24-19)15-7-3-2-4-8-15/h2-5,7-9,11,14,18H,6,10,12-13H2,1H3,(H,23,24,27)/t18-/m1/s1. The molecule has 0 bridgehead atoms. The van der Waals surface area contributed by atoms with Crippen LogP contribution in [-0.2, 0) is 13.6 Å². The van der Waals surface area contributed by atoms with E-state index in [-0.39, 0.29) is 5.56 Å². The van der Waals surface area contributed by atoms with Gasteiger partial charge in [-0.15, -0.1) is 11.3 Å². The topological polar surface area (TPSA) is 53.9 Å². The van der Waals surface area contributed by atoms with Crippen molar-refractivity contribution in [1.82, 2.24) is 19.4 Å². The zero-order valence-corrected chi connectivity index (χ0v) is 16.6. The number of aryl methyl sites for hydroxylation is 1. The molecular weight excluding hydrogens is 368 g/mol. The van der Waals surface area contributed by atoms with Crippen molar-refractivity contribution in [3.05, 3.63) is 75.9 Å². The molecular formula is C22H22N4OS. The van der Waals surface area contributed by atoms with Gasteiger partial charge in [0.15, 0.2) is 0 Å². The van der Waals surface area contributed by atoms with E-state index in [9.17, 15) is 4.79 Å². The van der Waals surface area contributed by atoms with Crippen LogP contribution in [0, 0.1) is 0 Å². The Morgan fingerprint density at radius 3 is 2.86 bits per heavy atom. The summed E-state index contributed by atoms with van der Waals surface area (Å²) in [4.78, 5) is 24.0. The van der Waals surface area contributed by atoms with E-state index in [1.165, 1.54) is 12.1 Å². The molecule has 28 heavy (non-hydrogen) atoms. The minimum absolute atomic E-state index is 0.0466. The lowest BCUT2D eigenvalue weighted by atomic mass is 10.1. The van der Waals surface area contributed by atoms with Crippen LogP contribution in [0.25, 0.3) is 21.3 Å². The molecule has 6 heteroatoms. The van der Waals surface area contributed by atoms with Crippen LogP contribution in [0.1, 0.15) is 30.4 Å². The Morgan fingerprint density at radius 1 is 1.21 bits per heavy atom. The molecule has 1 aliphatic heterocycles. The lowest BCUT2D eigenvalue weighted by Gasteiger charge is -2.24. The molecule has 5 nitrogen and oxygen atoms in total. The molecule has 1 aliphatic rings. The van der Waals surface area contributed by atoms with Gasteiger partial charge in [0.25, 0.3) is 5.56 Å². The number of thiophene rings is 1. The molecule has 0 amide bonds. The molecule has 0 aliphatic carbocycles. The van der Waals surface area contributed by atoms with Crippen molar-refractivity contribution in [1.29, 1.82) is 0 Å². The molecule has 0 saturated carbocycles. The van der Waals surface area contributed by atoms with Crippen molar-refractivity contribution < 1.29 is 0 Å². The van der Waals surface area contributed by atoms with Crippen molar-refractivity contribution in [3.8, 4) is 11.1 Å². The van der Waals surface area contributed by atoms with Crippen LogP contribution in [0.4, 0.5) is 0 Å². The molecule has 1 fully saturated rings. The molecule has 4 heterocycles. The Hall–Kier alpha value is -2.70. The van der Waals surface area contributed by atoms with E-state index in [0.717, 1.165) is 34.7 Å². The van der Waals surface area contributed by atoms with Crippen LogP contribution in [0.5, 0.6) is 0 Å². The molecule has 1 atom stereocenters. The number of nitrogens with one attached hydrogen (secondary N) is 1. The number of benzene rings is 1. The lowest BCUT2D eigenvalue weighted by molar-refractivity contribution is 0.235. The van der Waals surface area contributed by atoms with Crippen molar-refractivity contribution in [2.75, 3.05) is 6.54 Å². The van der Waals surface area contributed by atoms with Gasteiger partial charge in [-0.2, -0.15) is 0 Å². The fraction of sp³-hybridized carbons (Fsp3) is 0.273. The number of aromatic amines is 1. The van der Waals surface area contributed by atoms with Gasteiger partial charge in [-0.25, -0.2) is 4.98 Å². The minimum Gasteiger partial charge on any atom is -0.353 e. The van der Waals surface area contributed by atoms with Gasteiger partial charge in [-0.3, -0.25) is 9.69 Å². The molecule has 0 unspecified atom stereocenters. The quantitative estimate of drug-likeness (QED) is 0.564. The highest BCUT2D eigenvalue weighted by atomic mass is 32.1. The lowest BCUT2D eigenvalue weighted by Crippen LogP contribution is -2.26. The third-order valence-electron chi connectivity index (χ3n) is 5.62. The summed E-state index contributed by atoms with van der Waals surface area (Å²) in [5, 5.41) is 2.73. The van der Waals surface area contributed by atoms with Gasteiger partial charge in [0.1, 0.15) is 10.7 Å². The first-order valence-corrected chi connectivity index (χ1v) is 10.5. The second kappa shape index (κ2) is 7.04. The molecule has 1 aromatic carbocycles. The summed E-state index contributed by atoms with van der Waals surface area (Å²) >= 11 is 1.54. The highest BCUT2D eigenvalue weighted by Crippen LogP contribution is 2.34. The second-order valence-corrected chi connectivity index (χ2v) is 8.24. The van der Waals surface area contributed by atoms with Gasteiger partial charge < -0.3 is 9.55 Å². The van der Waals surface area contributed by atoms with Crippen LogP contribution in [0.3, 0.4) is 0 Å². The van der Waals surface area contributed by atoms with E-state index >= 15 is 0 Å². The molecule has 5 rings (SSSR count). The van der Waals surface area contributed by atoms with Crippen LogP contribution in [-0.4, -0.2) is 26.0 Å². The molecule has 142 valence electrons. The van der Waals surface area contributed by atoms with Crippen molar-refractivity contribution in [2.45, 2.75) is 25.4 Å². The highest BCUT2D eigenvalue weighted by Gasteiger charge is 2.28. The smallest absolute Gasteiger partial charge is 0.260 e. The summed E-state index contributed by atoms with van der Waals surface area (Å²) in [6, 6.07) is 14.7.